The predicted molar refractivity (Wildman–Crippen MR) is 64.6 cm³/mol. The molecule has 0 aromatic carbocycles. The minimum Gasteiger partial charge on any atom is -0.396 e. The molecule has 0 aliphatic rings. The monoisotopic (exact) mass is 237 g/mol. The van der Waals surface area contributed by atoms with Gasteiger partial charge in [-0.1, -0.05) is 13.8 Å². The van der Waals surface area contributed by atoms with Crippen LogP contribution in [0.15, 0.2) is 12.4 Å². The normalized spacial score (nSPS) is 11.3. The van der Waals surface area contributed by atoms with E-state index in [1.165, 1.54) is 6.20 Å². The zero-order chi connectivity index (χ0) is 12.9. The molecule has 17 heavy (non-hydrogen) atoms. The van der Waals surface area contributed by atoms with Crippen molar-refractivity contribution in [3.8, 4) is 0 Å². The number of nitrogens with one attached hydrogen (secondary N) is 1. The Labute approximate surface area is 101 Å². The lowest BCUT2D eigenvalue weighted by Crippen LogP contribution is -2.35. The highest BCUT2D eigenvalue weighted by Crippen LogP contribution is 2.17. The van der Waals surface area contributed by atoms with Crippen molar-refractivity contribution in [2.45, 2.75) is 27.2 Å². The number of carbonyl (C=O) groups excluding carboxylic acids is 1. The first-order valence-corrected chi connectivity index (χ1v) is 5.62. The Morgan fingerprint density at radius 1 is 1.41 bits per heavy atom. The van der Waals surface area contributed by atoms with Gasteiger partial charge in [0.2, 0.25) is 0 Å². The number of amides is 1. The Morgan fingerprint density at radius 2 is 2.12 bits per heavy atom. The molecule has 1 aromatic rings. The molecule has 0 fully saturated rings. The van der Waals surface area contributed by atoms with Crippen molar-refractivity contribution in [1.82, 2.24) is 15.3 Å². The number of hydrogen-bond acceptors (Lipinski definition) is 4. The van der Waals surface area contributed by atoms with Crippen molar-refractivity contribution in [3.05, 3.63) is 23.8 Å². The van der Waals surface area contributed by atoms with Crippen molar-refractivity contribution in [3.63, 3.8) is 0 Å². The second-order valence-electron chi connectivity index (χ2n) is 4.86. The van der Waals surface area contributed by atoms with Crippen molar-refractivity contribution >= 4 is 5.91 Å². The van der Waals surface area contributed by atoms with Crippen LogP contribution in [0, 0.1) is 12.3 Å². The molecule has 0 spiro atoms. The maximum atomic E-state index is 11.7. The van der Waals surface area contributed by atoms with Gasteiger partial charge in [-0.2, -0.15) is 0 Å². The molecule has 1 amide bonds. The quantitative estimate of drug-likeness (QED) is 0.798. The molecule has 5 nitrogen and oxygen atoms in total. The number of aryl methyl sites for hydroxylation is 1. The largest absolute Gasteiger partial charge is 0.396 e. The highest BCUT2D eigenvalue weighted by atomic mass is 16.3. The molecule has 0 atom stereocenters. The second kappa shape index (κ2) is 5.72. The van der Waals surface area contributed by atoms with Gasteiger partial charge in [-0.25, -0.2) is 4.98 Å². The molecule has 0 unspecified atom stereocenters. The van der Waals surface area contributed by atoms with Gasteiger partial charge in [0.15, 0.2) is 0 Å². The summed E-state index contributed by atoms with van der Waals surface area (Å²) in [5.74, 6) is -0.233. The average molecular weight is 237 g/mol. The third-order valence-electron chi connectivity index (χ3n) is 2.53. The molecule has 1 heterocycles. The van der Waals surface area contributed by atoms with Crippen LogP contribution < -0.4 is 5.32 Å². The SMILES string of the molecule is Cc1cnc(C(=O)NCC(C)(C)CCO)cn1. The summed E-state index contributed by atoms with van der Waals surface area (Å²) in [5.41, 5.74) is 0.972. The van der Waals surface area contributed by atoms with Crippen molar-refractivity contribution in [2.24, 2.45) is 5.41 Å². The summed E-state index contributed by atoms with van der Waals surface area (Å²) in [4.78, 5) is 19.7. The summed E-state index contributed by atoms with van der Waals surface area (Å²) in [7, 11) is 0. The van der Waals surface area contributed by atoms with Crippen LogP contribution in [0.1, 0.15) is 36.5 Å². The van der Waals surface area contributed by atoms with Crippen LogP contribution in [0.3, 0.4) is 0 Å². The molecule has 0 saturated carbocycles. The van der Waals surface area contributed by atoms with E-state index >= 15 is 0 Å². The van der Waals surface area contributed by atoms with Gasteiger partial charge in [0.05, 0.1) is 11.9 Å². The first kappa shape index (κ1) is 13.6. The van der Waals surface area contributed by atoms with Gasteiger partial charge in [-0.15, -0.1) is 0 Å². The second-order valence-corrected chi connectivity index (χ2v) is 4.86. The van der Waals surface area contributed by atoms with E-state index in [0.29, 0.717) is 18.7 Å². The number of aromatic nitrogens is 2. The highest BCUT2D eigenvalue weighted by molar-refractivity contribution is 5.91. The number of carbonyl (C=O) groups is 1. The number of aliphatic hydroxyl groups excluding tert-OH is 1. The third-order valence-corrected chi connectivity index (χ3v) is 2.53. The van der Waals surface area contributed by atoms with E-state index in [2.05, 4.69) is 15.3 Å². The Kier molecular flexibility index (Phi) is 4.57. The van der Waals surface area contributed by atoms with Crippen LogP contribution in [0.2, 0.25) is 0 Å². The van der Waals surface area contributed by atoms with Crippen LogP contribution in [0.25, 0.3) is 0 Å². The van der Waals surface area contributed by atoms with Crippen LogP contribution in [-0.2, 0) is 0 Å². The van der Waals surface area contributed by atoms with Crippen molar-refractivity contribution in [1.29, 1.82) is 0 Å². The molecule has 0 saturated heterocycles. The first-order chi connectivity index (χ1) is 7.94. The summed E-state index contributed by atoms with van der Waals surface area (Å²) in [5, 5.41) is 11.7. The molecule has 1 aromatic heterocycles. The zero-order valence-electron chi connectivity index (χ0n) is 10.5. The number of aliphatic hydroxyl groups is 1. The molecule has 2 N–H and O–H groups in total. The van der Waals surface area contributed by atoms with E-state index < -0.39 is 0 Å². The Hall–Kier alpha value is -1.49. The van der Waals surface area contributed by atoms with Gasteiger partial charge in [0.1, 0.15) is 5.69 Å². The Balaban J connectivity index is 2.53. The molecule has 5 heteroatoms. The maximum Gasteiger partial charge on any atom is 0.271 e. The van der Waals surface area contributed by atoms with Crippen LogP contribution in [-0.4, -0.2) is 34.1 Å². The fraction of sp³-hybridized carbons (Fsp3) is 0.583. The van der Waals surface area contributed by atoms with E-state index in [1.807, 2.05) is 20.8 Å². The van der Waals surface area contributed by atoms with E-state index in [4.69, 9.17) is 5.11 Å². The molecular formula is C12H19N3O2. The molecular weight excluding hydrogens is 218 g/mol. The summed E-state index contributed by atoms with van der Waals surface area (Å²) in [6.45, 7) is 6.42. The van der Waals surface area contributed by atoms with Crippen LogP contribution in [0.5, 0.6) is 0 Å². The topological polar surface area (TPSA) is 75.1 Å². The lowest BCUT2D eigenvalue weighted by Gasteiger charge is -2.23. The van der Waals surface area contributed by atoms with E-state index in [9.17, 15) is 4.79 Å². The summed E-state index contributed by atoms with van der Waals surface area (Å²) < 4.78 is 0. The van der Waals surface area contributed by atoms with E-state index in [1.54, 1.807) is 6.20 Å². The number of hydrogen-bond donors (Lipinski definition) is 2. The van der Waals surface area contributed by atoms with E-state index in [-0.39, 0.29) is 17.9 Å². The van der Waals surface area contributed by atoms with Gasteiger partial charge < -0.3 is 10.4 Å². The predicted octanol–water partition coefficient (Wildman–Crippen LogP) is 0.923. The summed E-state index contributed by atoms with van der Waals surface area (Å²) in [6, 6.07) is 0. The van der Waals surface area contributed by atoms with E-state index in [0.717, 1.165) is 5.69 Å². The lowest BCUT2D eigenvalue weighted by molar-refractivity contribution is 0.0923. The molecule has 0 aliphatic carbocycles. The molecule has 0 aliphatic heterocycles. The maximum absolute atomic E-state index is 11.7. The highest BCUT2D eigenvalue weighted by Gasteiger charge is 2.18. The van der Waals surface area contributed by atoms with Crippen molar-refractivity contribution < 1.29 is 9.90 Å². The smallest absolute Gasteiger partial charge is 0.271 e. The molecule has 0 bridgehead atoms. The molecule has 94 valence electrons. The molecule has 0 radical (unpaired) electrons. The minimum atomic E-state index is -0.233. The average Bonchev–Trinajstić information content (AvgIpc) is 2.27. The van der Waals surface area contributed by atoms with Gasteiger partial charge >= 0.3 is 0 Å². The number of nitrogens with zero attached hydrogens (tertiary/aromatic N) is 2. The molecule has 1 rings (SSSR count). The summed E-state index contributed by atoms with van der Waals surface area (Å²) in [6.07, 6.45) is 3.67. The van der Waals surface area contributed by atoms with Gasteiger partial charge in [-0.05, 0) is 18.8 Å². The Morgan fingerprint density at radius 3 is 2.65 bits per heavy atom. The Bertz CT molecular complexity index is 374. The van der Waals surface area contributed by atoms with Gasteiger partial charge in [0.25, 0.3) is 5.91 Å². The first-order valence-electron chi connectivity index (χ1n) is 5.62. The van der Waals surface area contributed by atoms with Crippen molar-refractivity contribution in [2.75, 3.05) is 13.2 Å². The zero-order valence-corrected chi connectivity index (χ0v) is 10.5. The van der Waals surface area contributed by atoms with Gasteiger partial charge in [-0.3, -0.25) is 9.78 Å². The third kappa shape index (κ3) is 4.48. The van der Waals surface area contributed by atoms with Crippen LogP contribution >= 0.6 is 0 Å². The fourth-order valence-corrected chi connectivity index (χ4v) is 1.31. The minimum absolute atomic E-state index is 0.118. The standard InChI is InChI=1S/C12H19N3O2/c1-9-6-14-10(7-13-9)11(17)15-8-12(2,3)4-5-16/h6-7,16H,4-5,8H2,1-3H3,(H,15,17). The fourth-order valence-electron chi connectivity index (χ4n) is 1.31. The van der Waals surface area contributed by atoms with Crippen LogP contribution in [0.4, 0.5) is 0 Å². The van der Waals surface area contributed by atoms with Gasteiger partial charge in [0, 0.05) is 19.3 Å². The summed E-state index contributed by atoms with van der Waals surface area (Å²) >= 11 is 0. The lowest BCUT2D eigenvalue weighted by atomic mass is 9.90. The number of rotatable bonds is 5.